The fourth-order valence-electron chi connectivity index (χ4n) is 2.32. The van der Waals surface area contributed by atoms with Gasteiger partial charge in [0.25, 0.3) is 0 Å². The van der Waals surface area contributed by atoms with E-state index in [4.69, 9.17) is 0 Å². The average Bonchev–Trinajstić information content (AvgIpc) is 2.37. The van der Waals surface area contributed by atoms with Crippen LogP contribution in [0.2, 0.25) is 0 Å². The van der Waals surface area contributed by atoms with Crippen molar-refractivity contribution < 1.29 is 8.42 Å². The van der Waals surface area contributed by atoms with E-state index in [0.717, 1.165) is 24.9 Å². The van der Waals surface area contributed by atoms with Crippen molar-refractivity contribution in [1.29, 1.82) is 0 Å². The molecule has 0 aliphatic carbocycles. The maximum atomic E-state index is 12.4. The Labute approximate surface area is 129 Å². The van der Waals surface area contributed by atoms with Crippen molar-refractivity contribution >= 4 is 10.0 Å². The zero-order valence-corrected chi connectivity index (χ0v) is 14.3. The number of hydrogen-bond acceptors (Lipinski definition) is 3. The lowest BCUT2D eigenvalue weighted by molar-refractivity contribution is 0.482. The van der Waals surface area contributed by atoms with Gasteiger partial charge in [0, 0.05) is 12.6 Å². The molecule has 0 saturated heterocycles. The second-order valence-corrected chi connectivity index (χ2v) is 7.69. The van der Waals surface area contributed by atoms with Crippen LogP contribution < -0.4 is 10.0 Å². The molecule has 1 unspecified atom stereocenters. The molecule has 0 aromatic heterocycles. The van der Waals surface area contributed by atoms with Gasteiger partial charge in [-0.3, -0.25) is 0 Å². The number of sulfonamides is 1. The summed E-state index contributed by atoms with van der Waals surface area (Å²) < 4.78 is 27.5. The maximum Gasteiger partial charge on any atom is 0.240 e. The molecule has 0 radical (unpaired) electrons. The first-order valence-corrected chi connectivity index (χ1v) is 9.15. The molecule has 4 nitrogen and oxygen atoms in total. The largest absolute Gasteiger partial charge is 0.313 e. The minimum Gasteiger partial charge on any atom is -0.313 e. The Morgan fingerprint density at radius 3 is 2.52 bits per heavy atom. The van der Waals surface area contributed by atoms with E-state index in [-0.39, 0.29) is 6.04 Å². The van der Waals surface area contributed by atoms with Crippen LogP contribution in [0.4, 0.5) is 0 Å². The first-order valence-electron chi connectivity index (χ1n) is 7.67. The molecular formula is C16H28N2O2S. The molecule has 1 aromatic rings. The average molecular weight is 312 g/mol. The summed E-state index contributed by atoms with van der Waals surface area (Å²) in [6.45, 7) is 9.81. The molecule has 2 N–H and O–H groups in total. The molecule has 21 heavy (non-hydrogen) atoms. The third-order valence-electron chi connectivity index (χ3n) is 3.15. The fourth-order valence-corrected chi connectivity index (χ4v) is 3.65. The van der Waals surface area contributed by atoms with E-state index in [0.29, 0.717) is 17.4 Å². The van der Waals surface area contributed by atoms with Gasteiger partial charge in [0.15, 0.2) is 0 Å². The van der Waals surface area contributed by atoms with E-state index in [1.807, 2.05) is 13.0 Å². The molecule has 0 saturated carbocycles. The quantitative estimate of drug-likeness (QED) is 0.689. The van der Waals surface area contributed by atoms with Crippen LogP contribution in [-0.4, -0.2) is 21.0 Å². The molecule has 1 atom stereocenters. The lowest BCUT2D eigenvalue weighted by Crippen LogP contribution is -2.33. The fraction of sp³-hybridized carbons (Fsp3) is 0.625. The predicted molar refractivity (Wildman–Crippen MR) is 87.7 cm³/mol. The molecule has 0 heterocycles. The van der Waals surface area contributed by atoms with Gasteiger partial charge in [0.2, 0.25) is 10.0 Å². The van der Waals surface area contributed by atoms with E-state index >= 15 is 0 Å². The summed E-state index contributed by atoms with van der Waals surface area (Å²) in [5.74, 6) is 0.465. The molecule has 0 bridgehead atoms. The summed E-state index contributed by atoms with van der Waals surface area (Å²) in [4.78, 5) is 0.342. The van der Waals surface area contributed by atoms with Crippen molar-refractivity contribution in [2.75, 3.05) is 6.54 Å². The summed E-state index contributed by atoms with van der Waals surface area (Å²) in [6, 6.07) is 7.07. The van der Waals surface area contributed by atoms with Crippen LogP contribution in [0.5, 0.6) is 0 Å². The Morgan fingerprint density at radius 2 is 1.90 bits per heavy atom. The molecule has 0 fully saturated rings. The SMILES string of the molecule is CCCNCc1cccc(S(=O)(=O)NC(C)CC(C)C)c1. The van der Waals surface area contributed by atoms with Crippen LogP contribution >= 0.6 is 0 Å². The Hall–Kier alpha value is -0.910. The zero-order chi connectivity index (χ0) is 15.9. The predicted octanol–water partition coefficient (Wildman–Crippen LogP) is 2.90. The van der Waals surface area contributed by atoms with Crippen LogP contribution in [0.3, 0.4) is 0 Å². The highest BCUT2D eigenvalue weighted by molar-refractivity contribution is 7.89. The highest BCUT2D eigenvalue weighted by Gasteiger charge is 2.18. The zero-order valence-electron chi connectivity index (χ0n) is 13.5. The van der Waals surface area contributed by atoms with Gasteiger partial charge in [-0.15, -0.1) is 0 Å². The van der Waals surface area contributed by atoms with Crippen LogP contribution in [0.15, 0.2) is 29.2 Å². The summed E-state index contributed by atoms with van der Waals surface area (Å²) in [7, 11) is -3.44. The standard InChI is InChI=1S/C16H28N2O2S/c1-5-9-17-12-15-7-6-8-16(11-15)21(19,20)18-14(4)10-13(2)3/h6-8,11,13-14,17-18H,5,9-10,12H2,1-4H3. The first-order chi connectivity index (χ1) is 9.85. The minimum atomic E-state index is -3.44. The molecule has 0 spiro atoms. The summed E-state index contributed by atoms with van der Waals surface area (Å²) in [5.41, 5.74) is 0.989. The summed E-state index contributed by atoms with van der Waals surface area (Å²) in [5, 5.41) is 3.28. The Kier molecular flexibility index (Phi) is 7.35. The molecule has 1 aromatic carbocycles. The van der Waals surface area contributed by atoms with Gasteiger partial charge in [0.05, 0.1) is 4.90 Å². The number of nitrogens with one attached hydrogen (secondary N) is 2. The molecule has 0 aliphatic heterocycles. The maximum absolute atomic E-state index is 12.4. The van der Waals surface area contributed by atoms with Crippen LogP contribution in [0.25, 0.3) is 0 Å². The van der Waals surface area contributed by atoms with E-state index in [9.17, 15) is 8.42 Å². The smallest absolute Gasteiger partial charge is 0.240 e. The number of benzene rings is 1. The van der Waals surface area contributed by atoms with Gasteiger partial charge in [-0.1, -0.05) is 32.9 Å². The lowest BCUT2D eigenvalue weighted by Gasteiger charge is -2.16. The van der Waals surface area contributed by atoms with Gasteiger partial charge < -0.3 is 5.32 Å². The first kappa shape index (κ1) is 18.1. The Balaban J connectivity index is 2.76. The van der Waals surface area contributed by atoms with Crippen molar-refractivity contribution in [3.63, 3.8) is 0 Å². The van der Waals surface area contributed by atoms with Crippen LogP contribution in [-0.2, 0) is 16.6 Å². The van der Waals surface area contributed by atoms with Crippen molar-refractivity contribution in [2.45, 2.75) is 58.0 Å². The molecular weight excluding hydrogens is 284 g/mol. The number of hydrogen-bond donors (Lipinski definition) is 2. The lowest BCUT2D eigenvalue weighted by atomic mass is 10.1. The summed E-state index contributed by atoms with van der Waals surface area (Å²) in [6.07, 6.45) is 1.89. The molecule has 120 valence electrons. The van der Waals surface area contributed by atoms with Crippen molar-refractivity contribution in [3.05, 3.63) is 29.8 Å². The highest BCUT2D eigenvalue weighted by atomic mass is 32.2. The van der Waals surface area contributed by atoms with E-state index < -0.39 is 10.0 Å². The van der Waals surface area contributed by atoms with Gasteiger partial charge in [-0.05, 0) is 49.9 Å². The summed E-state index contributed by atoms with van der Waals surface area (Å²) >= 11 is 0. The van der Waals surface area contributed by atoms with Gasteiger partial charge in [-0.2, -0.15) is 0 Å². The van der Waals surface area contributed by atoms with Crippen molar-refractivity contribution in [3.8, 4) is 0 Å². The third kappa shape index (κ3) is 6.59. The second-order valence-electron chi connectivity index (χ2n) is 5.98. The topological polar surface area (TPSA) is 58.2 Å². The molecule has 5 heteroatoms. The Bertz CT molecular complexity index is 527. The van der Waals surface area contributed by atoms with Crippen molar-refractivity contribution in [2.24, 2.45) is 5.92 Å². The van der Waals surface area contributed by atoms with Crippen LogP contribution in [0, 0.1) is 5.92 Å². The second kappa shape index (κ2) is 8.51. The molecule has 0 aliphatic rings. The Morgan fingerprint density at radius 1 is 1.19 bits per heavy atom. The van der Waals surface area contributed by atoms with Gasteiger partial charge >= 0.3 is 0 Å². The van der Waals surface area contributed by atoms with Crippen molar-refractivity contribution in [1.82, 2.24) is 10.0 Å². The minimum absolute atomic E-state index is 0.0585. The molecule has 0 amide bonds. The monoisotopic (exact) mass is 312 g/mol. The van der Waals surface area contributed by atoms with Gasteiger partial charge in [0.1, 0.15) is 0 Å². The molecule has 1 rings (SSSR count). The van der Waals surface area contributed by atoms with E-state index in [1.54, 1.807) is 18.2 Å². The third-order valence-corrected chi connectivity index (χ3v) is 4.73. The van der Waals surface area contributed by atoms with Crippen LogP contribution in [0.1, 0.15) is 46.1 Å². The normalized spacial score (nSPS) is 13.6. The van der Waals surface area contributed by atoms with E-state index in [2.05, 4.69) is 30.8 Å². The van der Waals surface area contributed by atoms with E-state index in [1.165, 1.54) is 0 Å². The highest BCUT2D eigenvalue weighted by Crippen LogP contribution is 2.14. The number of rotatable bonds is 9. The van der Waals surface area contributed by atoms with Gasteiger partial charge in [-0.25, -0.2) is 13.1 Å².